The largest absolute Gasteiger partial charge is 0.325 e. The van der Waals surface area contributed by atoms with Gasteiger partial charge in [0, 0.05) is 28.3 Å². The molecule has 1 aromatic carbocycles. The molecule has 134 valence electrons. The predicted octanol–water partition coefficient (Wildman–Crippen LogP) is 4.35. The van der Waals surface area contributed by atoms with Gasteiger partial charge in [0.1, 0.15) is 5.01 Å². The average Bonchev–Trinajstić information content (AvgIpc) is 3.06. The molecule has 2 aromatic heterocycles. The molecule has 0 spiro atoms. The number of thiazole rings is 1. The summed E-state index contributed by atoms with van der Waals surface area (Å²) in [5.74, 6) is -0.0434. The number of benzene rings is 1. The normalized spacial score (nSPS) is 10.9. The molecule has 7 heteroatoms. The highest BCUT2D eigenvalue weighted by Crippen LogP contribution is 2.22. The zero-order chi connectivity index (χ0) is 18.5. The van der Waals surface area contributed by atoms with Crippen LogP contribution < -0.4 is 5.32 Å². The lowest BCUT2D eigenvalue weighted by Gasteiger charge is -2.15. The standard InChI is InChI=1S/C19H19BrN4OS/c1-13-9-14(20)6-7-16(13)23-18(25)11-24(2)10-15-12-26-19(22-15)17-5-3-4-8-21-17/h3-9,12H,10-11H2,1-2H3,(H,23,25). The zero-order valence-corrected chi connectivity index (χ0v) is 17.0. The van der Waals surface area contributed by atoms with E-state index in [1.165, 1.54) is 0 Å². The maximum absolute atomic E-state index is 12.3. The number of hydrogen-bond donors (Lipinski definition) is 1. The topological polar surface area (TPSA) is 58.1 Å². The Morgan fingerprint density at radius 1 is 1.31 bits per heavy atom. The lowest BCUT2D eigenvalue weighted by Crippen LogP contribution is -2.30. The number of pyridine rings is 1. The van der Waals surface area contributed by atoms with E-state index in [1.807, 2.05) is 60.6 Å². The number of anilines is 1. The van der Waals surface area contributed by atoms with Crippen molar-refractivity contribution in [2.75, 3.05) is 18.9 Å². The van der Waals surface area contributed by atoms with Gasteiger partial charge in [-0.2, -0.15) is 0 Å². The van der Waals surface area contributed by atoms with Gasteiger partial charge in [-0.15, -0.1) is 11.3 Å². The minimum Gasteiger partial charge on any atom is -0.325 e. The molecule has 0 saturated carbocycles. The van der Waals surface area contributed by atoms with Crippen LogP contribution in [0.5, 0.6) is 0 Å². The molecule has 0 atom stereocenters. The molecular formula is C19H19BrN4OS. The first-order chi connectivity index (χ1) is 12.5. The molecule has 0 saturated heterocycles. The third-order valence-electron chi connectivity index (χ3n) is 3.74. The first kappa shape index (κ1) is 18.7. The van der Waals surface area contributed by atoms with Gasteiger partial charge in [-0.1, -0.05) is 22.0 Å². The zero-order valence-electron chi connectivity index (χ0n) is 14.6. The monoisotopic (exact) mass is 430 g/mol. The van der Waals surface area contributed by atoms with E-state index in [-0.39, 0.29) is 5.91 Å². The lowest BCUT2D eigenvalue weighted by molar-refractivity contribution is -0.117. The molecule has 1 amide bonds. The average molecular weight is 431 g/mol. The van der Waals surface area contributed by atoms with E-state index in [4.69, 9.17) is 0 Å². The molecule has 5 nitrogen and oxygen atoms in total. The van der Waals surface area contributed by atoms with Gasteiger partial charge in [0.25, 0.3) is 0 Å². The molecule has 0 bridgehead atoms. The second-order valence-corrected chi connectivity index (χ2v) is 7.81. The van der Waals surface area contributed by atoms with E-state index in [0.29, 0.717) is 13.1 Å². The number of amides is 1. The summed E-state index contributed by atoms with van der Waals surface area (Å²) in [7, 11) is 1.91. The molecule has 0 unspecified atom stereocenters. The molecule has 0 aliphatic carbocycles. The number of nitrogens with zero attached hydrogens (tertiary/aromatic N) is 3. The van der Waals surface area contributed by atoms with Crippen molar-refractivity contribution in [2.24, 2.45) is 0 Å². The number of halogens is 1. The quantitative estimate of drug-likeness (QED) is 0.631. The fourth-order valence-electron chi connectivity index (χ4n) is 2.52. The van der Waals surface area contributed by atoms with Gasteiger partial charge in [0.2, 0.25) is 5.91 Å². The van der Waals surface area contributed by atoms with Gasteiger partial charge in [0.05, 0.1) is 17.9 Å². The Balaban J connectivity index is 1.56. The van der Waals surface area contributed by atoms with Gasteiger partial charge in [-0.25, -0.2) is 4.98 Å². The summed E-state index contributed by atoms with van der Waals surface area (Å²) in [5, 5.41) is 5.86. The van der Waals surface area contributed by atoms with Crippen LogP contribution in [0.4, 0.5) is 5.69 Å². The van der Waals surface area contributed by atoms with Crippen LogP contribution in [0.15, 0.2) is 52.4 Å². The summed E-state index contributed by atoms with van der Waals surface area (Å²) < 4.78 is 0.998. The molecule has 0 aliphatic heterocycles. The first-order valence-electron chi connectivity index (χ1n) is 8.11. The number of aromatic nitrogens is 2. The molecule has 2 heterocycles. The van der Waals surface area contributed by atoms with Crippen molar-refractivity contribution in [1.82, 2.24) is 14.9 Å². The Hall–Kier alpha value is -2.09. The van der Waals surface area contributed by atoms with Crippen molar-refractivity contribution in [3.05, 3.63) is 63.7 Å². The smallest absolute Gasteiger partial charge is 0.238 e. The lowest BCUT2D eigenvalue weighted by atomic mass is 10.2. The second-order valence-electron chi connectivity index (χ2n) is 6.04. The van der Waals surface area contributed by atoms with Crippen LogP contribution in [-0.4, -0.2) is 34.4 Å². The van der Waals surface area contributed by atoms with Gasteiger partial charge < -0.3 is 5.32 Å². The summed E-state index contributed by atoms with van der Waals surface area (Å²) in [6, 6.07) is 11.6. The molecule has 3 rings (SSSR count). The van der Waals surface area contributed by atoms with Gasteiger partial charge >= 0.3 is 0 Å². The highest BCUT2D eigenvalue weighted by molar-refractivity contribution is 9.10. The summed E-state index contributed by atoms with van der Waals surface area (Å²) in [6.45, 7) is 2.88. The van der Waals surface area contributed by atoms with Crippen LogP contribution in [-0.2, 0) is 11.3 Å². The maximum atomic E-state index is 12.3. The second kappa shape index (κ2) is 8.53. The van der Waals surface area contributed by atoms with Gasteiger partial charge in [-0.05, 0) is 49.9 Å². The predicted molar refractivity (Wildman–Crippen MR) is 109 cm³/mol. The van der Waals surface area contributed by atoms with E-state index in [9.17, 15) is 4.79 Å². The van der Waals surface area contributed by atoms with E-state index >= 15 is 0 Å². The Morgan fingerprint density at radius 2 is 2.15 bits per heavy atom. The number of aryl methyl sites for hydroxylation is 1. The van der Waals surface area contributed by atoms with Crippen LogP contribution in [0.3, 0.4) is 0 Å². The number of carbonyl (C=O) groups is 1. The fraction of sp³-hybridized carbons (Fsp3) is 0.211. The van der Waals surface area contributed by atoms with Crippen LogP contribution in [0.2, 0.25) is 0 Å². The number of likely N-dealkylation sites (N-methyl/N-ethyl adjacent to an activating group) is 1. The maximum Gasteiger partial charge on any atom is 0.238 e. The molecule has 1 N–H and O–H groups in total. The number of hydrogen-bond acceptors (Lipinski definition) is 5. The minimum absolute atomic E-state index is 0.0434. The minimum atomic E-state index is -0.0434. The highest BCUT2D eigenvalue weighted by Gasteiger charge is 2.12. The van der Waals surface area contributed by atoms with E-state index in [1.54, 1.807) is 17.5 Å². The van der Waals surface area contributed by atoms with Crippen molar-refractivity contribution < 1.29 is 4.79 Å². The van der Waals surface area contributed by atoms with Crippen LogP contribution >= 0.6 is 27.3 Å². The van der Waals surface area contributed by atoms with Gasteiger partial charge in [0.15, 0.2) is 0 Å². The Labute approximate surface area is 165 Å². The Kier molecular flexibility index (Phi) is 6.13. The third-order valence-corrected chi connectivity index (χ3v) is 5.15. The van der Waals surface area contributed by atoms with E-state index < -0.39 is 0 Å². The summed E-state index contributed by atoms with van der Waals surface area (Å²) in [4.78, 5) is 23.2. The number of carbonyl (C=O) groups excluding carboxylic acids is 1. The van der Waals surface area contributed by atoms with Crippen LogP contribution in [0.25, 0.3) is 10.7 Å². The van der Waals surface area contributed by atoms with Gasteiger partial charge in [-0.3, -0.25) is 14.7 Å². The summed E-state index contributed by atoms with van der Waals surface area (Å²) in [6.07, 6.45) is 1.76. The van der Waals surface area contributed by atoms with E-state index in [2.05, 4.69) is 31.2 Å². The molecular weight excluding hydrogens is 412 g/mol. The third kappa shape index (κ3) is 4.97. The molecule has 26 heavy (non-hydrogen) atoms. The molecule has 3 aromatic rings. The first-order valence-corrected chi connectivity index (χ1v) is 9.79. The van der Waals surface area contributed by atoms with Crippen LogP contribution in [0.1, 0.15) is 11.3 Å². The Morgan fingerprint density at radius 3 is 2.88 bits per heavy atom. The molecule has 0 fully saturated rings. The molecule has 0 aliphatic rings. The van der Waals surface area contributed by atoms with Crippen molar-refractivity contribution in [3.8, 4) is 10.7 Å². The summed E-state index contributed by atoms with van der Waals surface area (Å²) >= 11 is 4.99. The van der Waals surface area contributed by atoms with Crippen molar-refractivity contribution >= 4 is 38.9 Å². The van der Waals surface area contributed by atoms with E-state index in [0.717, 1.165) is 32.1 Å². The highest BCUT2D eigenvalue weighted by atomic mass is 79.9. The summed E-state index contributed by atoms with van der Waals surface area (Å²) in [5.41, 5.74) is 3.66. The fourth-order valence-corrected chi connectivity index (χ4v) is 3.78. The number of nitrogens with one attached hydrogen (secondary N) is 1. The number of rotatable bonds is 6. The van der Waals surface area contributed by atoms with Crippen LogP contribution in [0, 0.1) is 6.92 Å². The molecule has 0 radical (unpaired) electrons. The van der Waals surface area contributed by atoms with Crippen molar-refractivity contribution in [2.45, 2.75) is 13.5 Å². The van der Waals surface area contributed by atoms with Crippen molar-refractivity contribution in [1.29, 1.82) is 0 Å². The van der Waals surface area contributed by atoms with Crippen molar-refractivity contribution in [3.63, 3.8) is 0 Å². The SMILES string of the molecule is Cc1cc(Br)ccc1NC(=O)CN(C)Cc1csc(-c2ccccn2)n1. The Bertz CT molecular complexity index is 898.